The number of nitrogens with one attached hydrogen (secondary N) is 1. The molecule has 1 aliphatic heterocycles. The third kappa shape index (κ3) is 2.93. The second-order valence-corrected chi connectivity index (χ2v) is 6.64. The van der Waals surface area contributed by atoms with Gasteiger partial charge in [-0.2, -0.15) is 0 Å². The molecule has 3 aromatic rings. The number of urea groups is 1. The zero-order chi connectivity index (χ0) is 17.4. The van der Waals surface area contributed by atoms with Gasteiger partial charge >= 0.3 is 6.03 Å². The lowest BCUT2D eigenvalue weighted by molar-refractivity contribution is 0.222. The lowest BCUT2D eigenvalue weighted by atomic mass is 10.1. The van der Waals surface area contributed by atoms with Crippen LogP contribution >= 0.6 is 11.6 Å². The molecule has 6 nitrogen and oxygen atoms in total. The van der Waals surface area contributed by atoms with Crippen molar-refractivity contribution in [3.8, 4) is 0 Å². The molecule has 1 aromatic carbocycles. The number of anilines is 1. The van der Waals surface area contributed by atoms with Crippen LogP contribution in [0.2, 0.25) is 5.02 Å². The summed E-state index contributed by atoms with van der Waals surface area (Å²) < 4.78 is 2.07. The normalized spacial score (nSPS) is 17.2. The van der Waals surface area contributed by atoms with Gasteiger partial charge in [0.15, 0.2) is 0 Å². The summed E-state index contributed by atoms with van der Waals surface area (Å²) in [7, 11) is 2.00. The number of para-hydroxylation sites is 1. The molecule has 3 heterocycles. The van der Waals surface area contributed by atoms with Crippen LogP contribution in [0.25, 0.3) is 11.0 Å². The van der Waals surface area contributed by atoms with E-state index in [1.165, 1.54) is 0 Å². The quantitative estimate of drug-likeness (QED) is 0.763. The topological polar surface area (TPSA) is 63.1 Å². The van der Waals surface area contributed by atoms with Gasteiger partial charge in [-0.05, 0) is 24.6 Å². The van der Waals surface area contributed by atoms with Gasteiger partial charge in [-0.15, -0.1) is 0 Å². The number of benzene rings is 1. The van der Waals surface area contributed by atoms with Gasteiger partial charge in [0, 0.05) is 32.3 Å². The van der Waals surface area contributed by atoms with Crippen LogP contribution in [-0.2, 0) is 7.05 Å². The van der Waals surface area contributed by atoms with E-state index in [2.05, 4.69) is 14.9 Å². The van der Waals surface area contributed by atoms with Crippen LogP contribution in [0.4, 0.5) is 10.5 Å². The summed E-state index contributed by atoms with van der Waals surface area (Å²) in [6.07, 6.45) is 4.46. The minimum absolute atomic E-state index is 0.129. The van der Waals surface area contributed by atoms with Gasteiger partial charge in [0.1, 0.15) is 5.82 Å². The molecule has 1 aliphatic rings. The average Bonchev–Trinajstić information content (AvgIpc) is 3.22. The zero-order valence-corrected chi connectivity index (χ0v) is 14.6. The molecule has 2 aromatic heterocycles. The van der Waals surface area contributed by atoms with Crippen molar-refractivity contribution < 1.29 is 4.79 Å². The van der Waals surface area contributed by atoms with Crippen molar-refractivity contribution >= 4 is 34.4 Å². The first kappa shape index (κ1) is 15.9. The Hall–Kier alpha value is -2.60. The van der Waals surface area contributed by atoms with E-state index in [1.54, 1.807) is 18.3 Å². The number of imidazole rings is 1. The maximum absolute atomic E-state index is 12.5. The third-order valence-corrected chi connectivity index (χ3v) is 5.00. The minimum Gasteiger partial charge on any atom is -0.330 e. The van der Waals surface area contributed by atoms with E-state index in [9.17, 15) is 4.79 Å². The average molecular weight is 356 g/mol. The summed E-state index contributed by atoms with van der Waals surface area (Å²) in [5.41, 5.74) is 2.58. The molecule has 0 bridgehead atoms. The van der Waals surface area contributed by atoms with Crippen molar-refractivity contribution in [3.63, 3.8) is 0 Å². The molecule has 1 atom stereocenters. The Labute approximate surface area is 150 Å². The first-order valence-corrected chi connectivity index (χ1v) is 8.58. The second-order valence-electron chi connectivity index (χ2n) is 6.24. The molecule has 0 saturated carbocycles. The SMILES string of the molecule is Cn1c(C2CCN(C(=O)Nc3ccccc3Cl)C2)nc2ccncc21. The fourth-order valence-corrected chi connectivity index (χ4v) is 3.51. The van der Waals surface area contributed by atoms with Gasteiger partial charge in [-0.3, -0.25) is 4.98 Å². The number of hydrogen-bond acceptors (Lipinski definition) is 3. The smallest absolute Gasteiger partial charge is 0.321 e. The van der Waals surface area contributed by atoms with Gasteiger partial charge in [0.2, 0.25) is 0 Å². The second kappa shape index (κ2) is 6.37. The first-order chi connectivity index (χ1) is 12.1. The Morgan fingerprint density at radius 1 is 1.32 bits per heavy atom. The summed E-state index contributed by atoms with van der Waals surface area (Å²) >= 11 is 6.11. The van der Waals surface area contributed by atoms with Gasteiger partial charge in [0.25, 0.3) is 0 Å². The Morgan fingerprint density at radius 2 is 2.16 bits per heavy atom. The first-order valence-electron chi connectivity index (χ1n) is 8.20. The van der Waals surface area contributed by atoms with Gasteiger partial charge in [-0.1, -0.05) is 23.7 Å². The number of hydrogen-bond donors (Lipinski definition) is 1. The Morgan fingerprint density at radius 3 is 2.96 bits per heavy atom. The zero-order valence-electron chi connectivity index (χ0n) is 13.8. The molecule has 4 rings (SSSR count). The lowest BCUT2D eigenvalue weighted by Gasteiger charge is -2.18. The van der Waals surface area contributed by atoms with Gasteiger partial charge < -0.3 is 14.8 Å². The standard InChI is InChI=1S/C18H18ClN5O/c1-23-16-10-20-8-6-15(16)21-17(23)12-7-9-24(11-12)18(25)22-14-5-3-2-4-13(14)19/h2-6,8,10,12H,7,9,11H2,1H3,(H,22,25). The Kier molecular flexibility index (Phi) is 4.05. The Balaban J connectivity index is 1.50. The van der Waals surface area contributed by atoms with Crippen LogP contribution in [0.3, 0.4) is 0 Å². The number of carbonyl (C=O) groups excluding carboxylic acids is 1. The number of amides is 2. The highest BCUT2D eigenvalue weighted by atomic mass is 35.5. The van der Waals surface area contributed by atoms with Crippen LogP contribution in [-0.4, -0.2) is 38.6 Å². The van der Waals surface area contributed by atoms with Crippen molar-refractivity contribution in [2.24, 2.45) is 7.05 Å². The number of carbonyl (C=O) groups is 1. The van der Waals surface area contributed by atoms with E-state index >= 15 is 0 Å². The summed E-state index contributed by atoms with van der Waals surface area (Å²) in [6.45, 7) is 1.34. The van der Waals surface area contributed by atoms with Crippen molar-refractivity contribution in [1.82, 2.24) is 19.4 Å². The summed E-state index contributed by atoms with van der Waals surface area (Å²) in [5, 5.41) is 3.42. The maximum Gasteiger partial charge on any atom is 0.321 e. The summed E-state index contributed by atoms with van der Waals surface area (Å²) in [4.78, 5) is 23.2. The number of halogens is 1. The van der Waals surface area contributed by atoms with Crippen LogP contribution in [0.1, 0.15) is 18.2 Å². The number of likely N-dealkylation sites (tertiary alicyclic amines) is 1. The van der Waals surface area contributed by atoms with Crippen LogP contribution in [0, 0.1) is 0 Å². The third-order valence-electron chi connectivity index (χ3n) is 4.67. The van der Waals surface area contributed by atoms with Crippen LogP contribution in [0.5, 0.6) is 0 Å². The van der Waals surface area contributed by atoms with E-state index in [4.69, 9.17) is 16.6 Å². The molecular weight excluding hydrogens is 338 g/mol. The number of nitrogens with zero attached hydrogens (tertiary/aromatic N) is 4. The molecule has 1 N–H and O–H groups in total. The van der Waals surface area contributed by atoms with Crippen molar-refractivity contribution in [1.29, 1.82) is 0 Å². The number of rotatable bonds is 2. The molecule has 2 amide bonds. The minimum atomic E-state index is -0.129. The van der Waals surface area contributed by atoms with Crippen molar-refractivity contribution in [2.75, 3.05) is 18.4 Å². The fraction of sp³-hybridized carbons (Fsp3) is 0.278. The van der Waals surface area contributed by atoms with Crippen molar-refractivity contribution in [3.05, 3.63) is 53.6 Å². The number of fused-ring (bicyclic) bond motifs is 1. The molecule has 25 heavy (non-hydrogen) atoms. The molecule has 0 radical (unpaired) electrons. The summed E-state index contributed by atoms with van der Waals surface area (Å²) in [5.74, 6) is 1.21. The van der Waals surface area contributed by atoms with Crippen LogP contribution in [0.15, 0.2) is 42.7 Å². The van der Waals surface area contributed by atoms with Crippen molar-refractivity contribution in [2.45, 2.75) is 12.3 Å². The molecule has 128 valence electrons. The van der Waals surface area contributed by atoms with E-state index in [-0.39, 0.29) is 11.9 Å². The number of aryl methyl sites for hydroxylation is 1. The lowest BCUT2D eigenvalue weighted by Crippen LogP contribution is -2.33. The highest BCUT2D eigenvalue weighted by molar-refractivity contribution is 6.33. The predicted molar refractivity (Wildman–Crippen MR) is 97.9 cm³/mol. The van der Waals surface area contributed by atoms with Crippen LogP contribution < -0.4 is 5.32 Å². The van der Waals surface area contributed by atoms with Gasteiger partial charge in [0.05, 0.1) is 27.9 Å². The van der Waals surface area contributed by atoms with E-state index in [1.807, 2.05) is 36.3 Å². The Bertz CT molecular complexity index is 938. The molecule has 7 heteroatoms. The summed E-state index contributed by atoms with van der Waals surface area (Å²) in [6, 6.07) is 9.03. The monoisotopic (exact) mass is 355 g/mol. The molecule has 1 fully saturated rings. The van der Waals surface area contributed by atoms with E-state index in [0.29, 0.717) is 23.8 Å². The molecule has 1 unspecified atom stereocenters. The molecule has 0 aliphatic carbocycles. The van der Waals surface area contributed by atoms with E-state index in [0.717, 1.165) is 23.3 Å². The molecule has 1 saturated heterocycles. The molecule has 0 spiro atoms. The van der Waals surface area contributed by atoms with E-state index < -0.39 is 0 Å². The van der Waals surface area contributed by atoms with Gasteiger partial charge in [-0.25, -0.2) is 9.78 Å². The number of pyridine rings is 1. The largest absolute Gasteiger partial charge is 0.330 e. The highest BCUT2D eigenvalue weighted by Gasteiger charge is 2.30. The molecular formula is C18H18ClN5O. The maximum atomic E-state index is 12.5. The predicted octanol–water partition coefficient (Wildman–Crippen LogP) is 3.64. The highest BCUT2D eigenvalue weighted by Crippen LogP contribution is 2.29. The fourth-order valence-electron chi connectivity index (χ4n) is 3.33. The number of aromatic nitrogens is 3.